The Kier molecular flexibility index (Phi) is 7.10. The van der Waals surface area contributed by atoms with Gasteiger partial charge in [0.15, 0.2) is 0 Å². The molecule has 0 radical (unpaired) electrons. The number of benzene rings is 1. The molecule has 0 aliphatic carbocycles. The van der Waals surface area contributed by atoms with Gasteiger partial charge in [-0.25, -0.2) is 10.8 Å². The predicted octanol–water partition coefficient (Wildman–Crippen LogP) is 3.27. The zero-order chi connectivity index (χ0) is 15.9. The van der Waals surface area contributed by atoms with Gasteiger partial charge in [0.25, 0.3) is 5.91 Å². The molecule has 24 heavy (non-hydrogen) atoms. The maximum absolute atomic E-state index is 12.3. The van der Waals surface area contributed by atoms with Crippen molar-refractivity contribution in [2.45, 2.75) is 26.4 Å². The Balaban J connectivity index is 0.00000144. The molecule has 132 valence electrons. The molecule has 1 aliphatic rings. The van der Waals surface area contributed by atoms with E-state index in [4.69, 9.17) is 10.6 Å². The first-order chi connectivity index (χ1) is 10.5. The van der Waals surface area contributed by atoms with Crippen LogP contribution in [0, 0.1) is 0 Å². The number of imidazole rings is 1. The zero-order valence-corrected chi connectivity index (χ0v) is 16.4. The second-order valence-electron chi connectivity index (χ2n) is 5.44. The summed E-state index contributed by atoms with van der Waals surface area (Å²) in [6.07, 6.45) is 1.74. The summed E-state index contributed by atoms with van der Waals surface area (Å²) >= 11 is 3.43. The predicted molar refractivity (Wildman–Crippen MR) is 101 cm³/mol. The number of carbonyl (C=O) groups is 1. The van der Waals surface area contributed by atoms with Gasteiger partial charge in [-0.3, -0.25) is 9.80 Å². The molecule has 2 N–H and O–H groups in total. The van der Waals surface area contributed by atoms with Crippen LogP contribution in [0.15, 0.2) is 28.9 Å². The number of nitrogens with zero attached hydrogens (tertiary/aromatic N) is 3. The lowest BCUT2D eigenvalue weighted by atomic mass is 10.2. The summed E-state index contributed by atoms with van der Waals surface area (Å²) in [7, 11) is 0. The summed E-state index contributed by atoms with van der Waals surface area (Å²) in [5.74, 6) is 7.00. The van der Waals surface area contributed by atoms with Crippen LogP contribution in [0.5, 0.6) is 5.75 Å². The summed E-state index contributed by atoms with van der Waals surface area (Å²) in [5, 5.41) is 1.20. The van der Waals surface area contributed by atoms with Crippen molar-refractivity contribution in [3.8, 4) is 17.1 Å². The maximum atomic E-state index is 12.3. The third kappa shape index (κ3) is 3.85. The number of halogens is 3. The highest BCUT2D eigenvalue weighted by molar-refractivity contribution is 9.10. The van der Waals surface area contributed by atoms with E-state index in [0.29, 0.717) is 18.8 Å². The van der Waals surface area contributed by atoms with Crippen LogP contribution in [0.1, 0.15) is 24.3 Å². The van der Waals surface area contributed by atoms with E-state index in [0.717, 1.165) is 21.6 Å². The molecule has 3 rings (SSSR count). The summed E-state index contributed by atoms with van der Waals surface area (Å²) in [6.45, 7) is 4.88. The van der Waals surface area contributed by atoms with Gasteiger partial charge < -0.3 is 9.30 Å². The molecule has 9 heteroatoms. The van der Waals surface area contributed by atoms with Crippen molar-refractivity contribution in [1.82, 2.24) is 14.6 Å². The molecule has 0 spiro atoms. The van der Waals surface area contributed by atoms with Crippen LogP contribution in [0.25, 0.3) is 11.4 Å². The van der Waals surface area contributed by atoms with Crippen molar-refractivity contribution < 1.29 is 9.53 Å². The van der Waals surface area contributed by atoms with Crippen LogP contribution < -0.4 is 10.6 Å². The number of carbonyl (C=O) groups excluding carboxylic acids is 1. The highest BCUT2D eigenvalue weighted by Gasteiger charge is 2.23. The van der Waals surface area contributed by atoms with Crippen LogP contribution in [0.3, 0.4) is 0 Å². The van der Waals surface area contributed by atoms with Crippen LogP contribution in [0.2, 0.25) is 0 Å². The molecule has 2 heterocycles. The molecule has 1 amide bonds. The van der Waals surface area contributed by atoms with Crippen LogP contribution in [-0.2, 0) is 6.54 Å². The van der Waals surface area contributed by atoms with E-state index in [2.05, 4.69) is 20.9 Å². The fraction of sp³-hybridized carbons (Fsp3) is 0.333. The lowest BCUT2D eigenvalue weighted by Gasteiger charge is -2.19. The molecule has 2 aromatic rings. The summed E-state index contributed by atoms with van der Waals surface area (Å²) in [6, 6.07) is 5.68. The quantitative estimate of drug-likeness (QED) is 0.444. The lowest BCUT2D eigenvalue weighted by molar-refractivity contribution is 0.0700. The van der Waals surface area contributed by atoms with Gasteiger partial charge in [-0.2, -0.15) is 0 Å². The molecule has 0 atom stereocenters. The van der Waals surface area contributed by atoms with Gasteiger partial charge in [0.05, 0.1) is 12.1 Å². The van der Waals surface area contributed by atoms with Crippen LogP contribution >= 0.6 is 40.7 Å². The number of hydrogen-bond acceptors (Lipinski definition) is 4. The Hall–Kier alpha value is -1.28. The van der Waals surface area contributed by atoms with E-state index >= 15 is 0 Å². The minimum atomic E-state index is -0.282. The number of aromatic nitrogens is 2. The number of rotatable bonds is 2. The number of hydrogen-bond donors (Lipinski definition) is 1. The van der Waals surface area contributed by atoms with Gasteiger partial charge in [0, 0.05) is 16.7 Å². The van der Waals surface area contributed by atoms with Gasteiger partial charge in [-0.15, -0.1) is 24.8 Å². The Bertz CT molecular complexity index is 736. The first-order valence-corrected chi connectivity index (χ1v) is 7.85. The largest absolute Gasteiger partial charge is 0.491 e. The normalized spacial score (nSPS) is 12.0. The van der Waals surface area contributed by atoms with Crippen molar-refractivity contribution >= 4 is 46.7 Å². The highest BCUT2D eigenvalue weighted by Crippen LogP contribution is 2.34. The van der Waals surface area contributed by atoms with Gasteiger partial charge >= 0.3 is 0 Å². The van der Waals surface area contributed by atoms with Crippen LogP contribution in [0.4, 0.5) is 0 Å². The monoisotopic (exact) mass is 436 g/mol. The van der Waals surface area contributed by atoms with Gasteiger partial charge in [0.1, 0.15) is 23.9 Å². The lowest BCUT2D eigenvalue weighted by Crippen LogP contribution is -2.42. The molecule has 0 fully saturated rings. The summed E-state index contributed by atoms with van der Waals surface area (Å²) in [5.41, 5.74) is 1.22. The van der Waals surface area contributed by atoms with E-state index < -0.39 is 0 Å². The second-order valence-corrected chi connectivity index (χ2v) is 6.35. The van der Waals surface area contributed by atoms with Crippen molar-refractivity contribution in [2.75, 3.05) is 6.61 Å². The van der Waals surface area contributed by atoms with E-state index in [1.54, 1.807) is 6.20 Å². The molecule has 6 nitrogen and oxygen atoms in total. The number of fused-ring (bicyclic) bond motifs is 3. The Morgan fingerprint density at radius 1 is 1.42 bits per heavy atom. The second kappa shape index (κ2) is 8.20. The van der Waals surface area contributed by atoms with E-state index in [1.807, 2.05) is 36.6 Å². The zero-order valence-electron chi connectivity index (χ0n) is 13.2. The van der Waals surface area contributed by atoms with Crippen molar-refractivity contribution in [2.24, 2.45) is 5.84 Å². The first kappa shape index (κ1) is 20.8. The summed E-state index contributed by atoms with van der Waals surface area (Å²) in [4.78, 5) is 16.8. The number of nitrogens with two attached hydrogens (primary N) is 1. The molecular formula is C15H19BrCl2N4O2. The van der Waals surface area contributed by atoms with Gasteiger partial charge in [-0.1, -0.05) is 15.9 Å². The Morgan fingerprint density at radius 2 is 2.12 bits per heavy atom. The molecule has 1 aromatic heterocycles. The first-order valence-electron chi connectivity index (χ1n) is 7.05. The van der Waals surface area contributed by atoms with Crippen LogP contribution in [-0.4, -0.2) is 33.1 Å². The standard InChI is InChI=1S/C15H17BrN4O2.2ClH/c1-9(2)20(17)15(21)12-8-19-5-6-22-13-7-10(16)3-4-11(13)14(19)18-12;;/h3-4,7-9H,5-6,17H2,1-2H3;2*1H. The fourth-order valence-electron chi connectivity index (χ4n) is 2.33. The maximum Gasteiger partial charge on any atom is 0.288 e. The van der Waals surface area contributed by atoms with Crippen molar-refractivity contribution in [3.05, 3.63) is 34.6 Å². The van der Waals surface area contributed by atoms with Gasteiger partial charge in [-0.05, 0) is 32.0 Å². The van der Waals surface area contributed by atoms with Crippen molar-refractivity contribution in [3.63, 3.8) is 0 Å². The SMILES string of the molecule is CC(C)N(N)C(=O)c1cn2c(n1)-c1ccc(Br)cc1OCC2.Cl.Cl. The molecule has 1 aromatic carbocycles. The molecule has 0 bridgehead atoms. The average molecular weight is 438 g/mol. The Labute approximate surface area is 161 Å². The molecule has 1 aliphatic heterocycles. The number of hydrazine groups is 1. The minimum absolute atomic E-state index is 0. The smallest absolute Gasteiger partial charge is 0.288 e. The molecule has 0 saturated heterocycles. The molecule has 0 unspecified atom stereocenters. The Morgan fingerprint density at radius 3 is 2.79 bits per heavy atom. The molecule has 0 saturated carbocycles. The van der Waals surface area contributed by atoms with E-state index in [-0.39, 0.29) is 36.8 Å². The third-order valence-electron chi connectivity index (χ3n) is 3.56. The minimum Gasteiger partial charge on any atom is -0.491 e. The highest BCUT2D eigenvalue weighted by atomic mass is 79.9. The van der Waals surface area contributed by atoms with Crippen molar-refractivity contribution in [1.29, 1.82) is 0 Å². The number of ether oxygens (including phenoxy) is 1. The average Bonchev–Trinajstić information content (AvgIpc) is 2.82. The number of amides is 1. The van der Waals surface area contributed by atoms with Gasteiger partial charge in [0.2, 0.25) is 0 Å². The summed E-state index contributed by atoms with van der Waals surface area (Å²) < 4.78 is 8.62. The van der Waals surface area contributed by atoms with E-state index in [9.17, 15) is 4.79 Å². The molecular weight excluding hydrogens is 419 g/mol. The third-order valence-corrected chi connectivity index (χ3v) is 4.05. The fourth-order valence-corrected chi connectivity index (χ4v) is 2.67. The van der Waals surface area contributed by atoms with E-state index in [1.165, 1.54) is 5.01 Å². The topological polar surface area (TPSA) is 73.4 Å².